The van der Waals surface area contributed by atoms with Gasteiger partial charge in [0.15, 0.2) is 0 Å². The van der Waals surface area contributed by atoms with Gasteiger partial charge >= 0.3 is 5.97 Å². The summed E-state index contributed by atoms with van der Waals surface area (Å²) in [5.74, 6) is 0.153. The highest BCUT2D eigenvalue weighted by atomic mass is 16.5. The topological polar surface area (TPSA) is 43.4 Å². The molecule has 0 N–H and O–H groups in total. The summed E-state index contributed by atoms with van der Waals surface area (Å²) in [7, 11) is 0. The Morgan fingerprint density at radius 3 is 3.00 bits per heavy atom. The Morgan fingerprint density at radius 1 is 1.53 bits per heavy atom. The SMILES string of the molecule is CCOC(=O)/C=C/CC1CCCCC1=O. The van der Waals surface area contributed by atoms with Crippen LogP contribution in [0.5, 0.6) is 0 Å². The smallest absolute Gasteiger partial charge is 0.330 e. The minimum atomic E-state index is -0.319. The Balaban J connectivity index is 2.29. The van der Waals surface area contributed by atoms with Crippen LogP contribution < -0.4 is 0 Å². The fourth-order valence-corrected chi connectivity index (χ4v) is 1.82. The first-order valence-corrected chi connectivity index (χ1v) is 5.60. The van der Waals surface area contributed by atoms with Crippen LogP contribution >= 0.6 is 0 Å². The van der Waals surface area contributed by atoms with E-state index in [1.54, 1.807) is 13.0 Å². The van der Waals surface area contributed by atoms with Crippen LogP contribution in [-0.4, -0.2) is 18.4 Å². The molecule has 1 unspecified atom stereocenters. The van der Waals surface area contributed by atoms with Gasteiger partial charge in [-0.25, -0.2) is 4.79 Å². The highest BCUT2D eigenvalue weighted by Crippen LogP contribution is 2.23. The first-order chi connectivity index (χ1) is 7.24. The molecular weight excluding hydrogens is 192 g/mol. The van der Waals surface area contributed by atoms with Crippen LogP contribution in [0.2, 0.25) is 0 Å². The lowest BCUT2D eigenvalue weighted by Crippen LogP contribution is -2.18. The van der Waals surface area contributed by atoms with Crippen molar-refractivity contribution < 1.29 is 14.3 Å². The fourth-order valence-electron chi connectivity index (χ4n) is 1.82. The zero-order valence-corrected chi connectivity index (χ0v) is 9.20. The Bertz CT molecular complexity index is 256. The standard InChI is InChI=1S/C12H18O3/c1-2-15-12(14)9-5-7-10-6-3-4-8-11(10)13/h5,9-10H,2-4,6-8H2,1H3/b9-5+. The summed E-state index contributed by atoms with van der Waals surface area (Å²) in [5.41, 5.74) is 0. The third-order valence-electron chi connectivity index (χ3n) is 2.64. The van der Waals surface area contributed by atoms with Gasteiger partial charge in [-0.1, -0.05) is 12.5 Å². The maximum Gasteiger partial charge on any atom is 0.330 e. The van der Waals surface area contributed by atoms with E-state index in [1.807, 2.05) is 0 Å². The molecule has 0 spiro atoms. The number of carbonyl (C=O) groups is 2. The zero-order chi connectivity index (χ0) is 11.1. The molecule has 1 rings (SSSR count). The molecule has 0 aliphatic heterocycles. The quantitative estimate of drug-likeness (QED) is 0.528. The maximum absolute atomic E-state index is 11.4. The normalized spacial score (nSPS) is 21.9. The second-order valence-corrected chi connectivity index (χ2v) is 3.80. The van der Waals surface area contributed by atoms with Crippen molar-refractivity contribution in [2.45, 2.75) is 39.0 Å². The molecule has 0 radical (unpaired) electrons. The molecule has 0 aromatic carbocycles. The molecule has 1 aliphatic carbocycles. The summed E-state index contributed by atoms with van der Waals surface area (Å²) >= 11 is 0. The summed E-state index contributed by atoms with van der Waals surface area (Å²) in [4.78, 5) is 22.4. The lowest BCUT2D eigenvalue weighted by molar-refractivity contribution is -0.137. The highest BCUT2D eigenvalue weighted by Gasteiger charge is 2.20. The minimum Gasteiger partial charge on any atom is -0.463 e. The van der Waals surface area contributed by atoms with Crippen molar-refractivity contribution in [3.05, 3.63) is 12.2 Å². The van der Waals surface area contributed by atoms with E-state index in [9.17, 15) is 9.59 Å². The number of hydrogen-bond acceptors (Lipinski definition) is 3. The van der Waals surface area contributed by atoms with Gasteiger partial charge < -0.3 is 4.74 Å². The number of rotatable bonds is 4. The molecular formula is C12H18O3. The van der Waals surface area contributed by atoms with Crippen molar-refractivity contribution in [1.29, 1.82) is 0 Å². The van der Waals surface area contributed by atoms with Gasteiger partial charge in [0.05, 0.1) is 6.61 Å². The van der Waals surface area contributed by atoms with Crippen LogP contribution in [0.15, 0.2) is 12.2 Å². The molecule has 1 saturated carbocycles. The second kappa shape index (κ2) is 6.38. The van der Waals surface area contributed by atoms with E-state index in [2.05, 4.69) is 0 Å². The van der Waals surface area contributed by atoms with Crippen LogP contribution in [0.4, 0.5) is 0 Å². The maximum atomic E-state index is 11.4. The van der Waals surface area contributed by atoms with E-state index in [1.165, 1.54) is 6.08 Å². The molecule has 0 amide bonds. The molecule has 1 fully saturated rings. The number of ketones is 1. The Hall–Kier alpha value is -1.12. The van der Waals surface area contributed by atoms with E-state index in [4.69, 9.17) is 4.74 Å². The van der Waals surface area contributed by atoms with Crippen LogP contribution in [0.1, 0.15) is 39.0 Å². The third-order valence-corrected chi connectivity index (χ3v) is 2.64. The number of esters is 1. The van der Waals surface area contributed by atoms with E-state index < -0.39 is 0 Å². The number of allylic oxidation sites excluding steroid dienone is 1. The average molecular weight is 210 g/mol. The average Bonchev–Trinajstić information content (AvgIpc) is 2.21. The molecule has 84 valence electrons. The summed E-state index contributed by atoms with van der Waals surface area (Å²) in [5, 5.41) is 0. The predicted octanol–water partition coefficient (Wildman–Crippen LogP) is 2.26. The first-order valence-electron chi connectivity index (χ1n) is 5.60. The minimum absolute atomic E-state index is 0.129. The molecule has 15 heavy (non-hydrogen) atoms. The van der Waals surface area contributed by atoms with Gasteiger partial charge in [0.1, 0.15) is 5.78 Å². The van der Waals surface area contributed by atoms with Crippen molar-refractivity contribution in [1.82, 2.24) is 0 Å². The predicted molar refractivity (Wildman–Crippen MR) is 57.4 cm³/mol. The number of hydrogen-bond donors (Lipinski definition) is 0. The van der Waals surface area contributed by atoms with Crippen LogP contribution in [0, 0.1) is 5.92 Å². The Morgan fingerprint density at radius 2 is 2.33 bits per heavy atom. The van der Waals surface area contributed by atoms with Crippen molar-refractivity contribution in [2.75, 3.05) is 6.61 Å². The summed E-state index contributed by atoms with van der Waals surface area (Å²) in [6, 6.07) is 0. The fraction of sp³-hybridized carbons (Fsp3) is 0.667. The summed E-state index contributed by atoms with van der Waals surface area (Å²) in [6.07, 6.45) is 7.68. The zero-order valence-electron chi connectivity index (χ0n) is 9.20. The molecule has 0 aromatic rings. The van der Waals surface area contributed by atoms with Gasteiger partial charge in [0.2, 0.25) is 0 Å². The molecule has 0 saturated heterocycles. The number of Topliss-reactive ketones (excluding diaryl/α,β-unsaturated/α-hetero) is 1. The van der Waals surface area contributed by atoms with Crippen molar-refractivity contribution in [2.24, 2.45) is 5.92 Å². The Kier molecular flexibility index (Phi) is 5.08. The molecule has 3 nitrogen and oxygen atoms in total. The van der Waals surface area contributed by atoms with Gasteiger partial charge in [-0.3, -0.25) is 4.79 Å². The highest BCUT2D eigenvalue weighted by molar-refractivity contribution is 5.83. The van der Waals surface area contributed by atoms with E-state index in [0.29, 0.717) is 25.2 Å². The lowest BCUT2D eigenvalue weighted by atomic mass is 9.86. The Labute approximate surface area is 90.5 Å². The molecule has 3 heteroatoms. The lowest BCUT2D eigenvalue weighted by Gasteiger charge is -2.18. The number of carbonyl (C=O) groups excluding carboxylic acids is 2. The molecule has 0 bridgehead atoms. The van der Waals surface area contributed by atoms with Gasteiger partial charge in [-0.05, 0) is 26.2 Å². The van der Waals surface area contributed by atoms with Crippen molar-refractivity contribution in [3.8, 4) is 0 Å². The summed E-state index contributed by atoms with van der Waals surface area (Å²) < 4.78 is 4.75. The second-order valence-electron chi connectivity index (χ2n) is 3.80. The monoisotopic (exact) mass is 210 g/mol. The number of ether oxygens (including phenoxy) is 1. The molecule has 0 aromatic heterocycles. The molecule has 1 aliphatic rings. The van der Waals surface area contributed by atoms with Crippen LogP contribution in [0.3, 0.4) is 0 Å². The third kappa shape index (κ3) is 4.28. The van der Waals surface area contributed by atoms with Crippen molar-refractivity contribution >= 4 is 11.8 Å². The largest absolute Gasteiger partial charge is 0.463 e. The van der Waals surface area contributed by atoms with Gasteiger partial charge in [0, 0.05) is 18.4 Å². The summed E-state index contributed by atoms with van der Waals surface area (Å²) in [6.45, 7) is 2.17. The van der Waals surface area contributed by atoms with Gasteiger partial charge in [0.25, 0.3) is 0 Å². The molecule has 0 heterocycles. The van der Waals surface area contributed by atoms with Crippen molar-refractivity contribution in [3.63, 3.8) is 0 Å². The van der Waals surface area contributed by atoms with E-state index in [-0.39, 0.29) is 11.9 Å². The van der Waals surface area contributed by atoms with E-state index in [0.717, 1.165) is 19.3 Å². The van der Waals surface area contributed by atoms with Gasteiger partial charge in [-0.15, -0.1) is 0 Å². The van der Waals surface area contributed by atoms with Gasteiger partial charge in [-0.2, -0.15) is 0 Å². The van der Waals surface area contributed by atoms with E-state index >= 15 is 0 Å². The van der Waals surface area contributed by atoms with Crippen LogP contribution in [-0.2, 0) is 14.3 Å². The molecule has 1 atom stereocenters. The van der Waals surface area contributed by atoms with Crippen LogP contribution in [0.25, 0.3) is 0 Å². The first kappa shape index (κ1) is 12.0.